The lowest BCUT2D eigenvalue weighted by Gasteiger charge is -2.47. The molecule has 1 heterocycles. The van der Waals surface area contributed by atoms with Gasteiger partial charge in [-0.2, -0.15) is 0 Å². The van der Waals surface area contributed by atoms with Gasteiger partial charge in [0.15, 0.2) is 0 Å². The minimum atomic E-state index is -0.895. The number of hydrogen-bond acceptors (Lipinski definition) is 7. The van der Waals surface area contributed by atoms with Crippen LogP contribution in [0, 0.1) is 0 Å². The van der Waals surface area contributed by atoms with Crippen LogP contribution in [0.3, 0.4) is 0 Å². The lowest BCUT2D eigenvalue weighted by atomic mass is 9.85. The Balaban J connectivity index is 2.28. The third-order valence-electron chi connectivity index (χ3n) is 4.69. The Labute approximate surface area is 153 Å². The fraction of sp³-hybridized carbons (Fsp3) is 0.526. The van der Waals surface area contributed by atoms with Gasteiger partial charge in [0.25, 0.3) is 0 Å². The zero-order chi connectivity index (χ0) is 19.0. The molecule has 142 valence electrons. The number of rotatable bonds is 8. The van der Waals surface area contributed by atoms with Gasteiger partial charge in [0.05, 0.1) is 7.11 Å². The Bertz CT molecular complexity index is 612. The third-order valence-corrected chi connectivity index (χ3v) is 4.69. The summed E-state index contributed by atoms with van der Waals surface area (Å²) in [6.45, 7) is 3.00. The molecule has 0 aromatic heterocycles. The Morgan fingerprint density at radius 3 is 2.42 bits per heavy atom. The van der Waals surface area contributed by atoms with E-state index < -0.39 is 5.54 Å². The number of aldehydes is 1. The molecule has 2 rings (SSSR count). The molecule has 1 aromatic rings. The van der Waals surface area contributed by atoms with Gasteiger partial charge in [-0.25, -0.2) is 4.79 Å². The average Bonchev–Trinajstić information content (AvgIpc) is 2.69. The Hall–Kier alpha value is -2.41. The molecular formula is C19H26N2O5. The van der Waals surface area contributed by atoms with Crippen LogP contribution in [0.1, 0.15) is 32.6 Å². The molecular weight excluding hydrogens is 336 g/mol. The summed E-state index contributed by atoms with van der Waals surface area (Å²) in [5.41, 5.74) is -0.0347. The van der Waals surface area contributed by atoms with Crippen molar-refractivity contribution in [3.63, 3.8) is 0 Å². The first kappa shape index (κ1) is 19.9. The van der Waals surface area contributed by atoms with Gasteiger partial charge in [-0.3, -0.25) is 4.79 Å². The number of piperidine rings is 1. The van der Waals surface area contributed by atoms with Crippen LogP contribution in [0.4, 0.5) is 5.69 Å². The highest BCUT2D eigenvalue weighted by Crippen LogP contribution is 2.34. The minimum Gasteiger partial charge on any atom is -0.467 e. The van der Waals surface area contributed by atoms with Gasteiger partial charge in [-0.15, -0.1) is 5.06 Å². The lowest BCUT2D eigenvalue weighted by Crippen LogP contribution is -2.61. The van der Waals surface area contributed by atoms with Crippen LogP contribution < -0.4 is 4.90 Å². The number of carbonyl (C=O) groups excluding carboxylic acids is 3. The second-order valence-electron chi connectivity index (χ2n) is 6.21. The van der Waals surface area contributed by atoms with Gasteiger partial charge in [0.1, 0.15) is 11.8 Å². The summed E-state index contributed by atoms with van der Waals surface area (Å²) in [7, 11) is 1.37. The number of nitrogens with zero attached hydrogens (tertiary/aromatic N) is 2. The maximum atomic E-state index is 12.8. The molecule has 1 aromatic carbocycles. The zero-order valence-corrected chi connectivity index (χ0v) is 15.3. The highest BCUT2D eigenvalue weighted by molar-refractivity contribution is 5.85. The van der Waals surface area contributed by atoms with E-state index in [1.54, 1.807) is 12.0 Å². The average molecular weight is 362 g/mol. The van der Waals surface area contributed by atoms with Crippen molar-refractivity contribution in [2.45, 2.75) is 38.1 Å². The normalized spacial score (nSPS) is 16.5. The van der Waals surface area contributed by atoms with E-state index in [1.807, 2.05) is 35.2 Å². The number of methoxy groups -OCH3 is 1. The topological polar surface area (TPSA) is 76.2 Å². The fourth-order valence-corrected chi connectivity index (χ4v) is 3.31. The molecule has 7 nitrogen and oxygen atoms in total. The van der Waals surface area contributed by atoms with Crippen LogP contribution in [0.15, 0.2) is 30.3 Å². The number of hydrogen-bond donors (Lipinski definition) is 0. The highest BCUT2D eigenvalue weighted by atomic mass is 16.7. The molecule has 0 spiro atoms. The van der Waals surface area contributed by atoms with Crippen LogP contribution in [-0.4, -0.2) is 55.6 Å². The molecule has 0 saturated carbocycles. The van der Waals surface area contributed by atoms with Crippen molar-refractivity contribution in [2.75, 3.05) is 31.6 Å². The maximum Gasteiger partial charge on any atom is 0.331 e. The SMILES string of the molecule is CCC(=O)ON1CCC(C(=O)OC)(N(CCC=O)c2ccccc2)CC1. The van der Waals surface area contributed by atoms with Crippen LogP contribution in [0.25, 0.3) is 0 Å². The lowest BCUT2D eigenvalue weighted by molar-refractivity contribution is -0.198. The van der Waals surface area contributed by atoms with Gasteiger partial charge in [0, 0.05) is 38.2 Å². The largest absolute Gasteiger partial charge is 0.467 e. The van der Waals surface area contributed by atoms with Gasteiger partial charge in [0.2, 0.25) is 0 Å². The van der Waals surface area contributed by atoms with Crippen molar-refractivity contribution in [1.29, 1.82) is 0 Å². The number of para-hydroxylation sites is 1. The number of esters is 1. The Kier molecular flexibility index (Phi) is 7.15. The number of ether oxygens (including phenoxy) is 1. The molecule has 0 radical (unpaired) electrons. The maximum absolute atomic E-state index is 12.8. The number of hydroxylamine groups is 2. The van der Waals surface area contributed by atoms with Crippen molar-refractivity contribution < 1.29 is 24.0 Å². The van der Waals surface area contributed by atoms with Crippen molar-refractivity contribution in [2.24, 2.45) is 0 Å². The van der Waals surface area contributed by atoms with Gasteiger partial charge < -0.3 is 19.3 Å². The minimum absolute atomic E-state index is 0.295. The van der Waals surface area contributed by atoms with E-state index in [0.29, 0.717) is 45.3 Å². The molecule has 0 N–H and O–H groups in total. The first-order valence-electron chi connectivity index (χ1n) is 8.88. The van der Waals surface area contributed by atoms with Crippen molar-refractivity contribution >= 4 is 23.9 Å². The van der Waals surface area contributed by atoms with E-state index in [4.69, 9.17) is 9.57 Å². The molecule has 1 aliphatic heterocycles. The molecule has 0 atom stereocenters. The van der Waals surface area contributed by atoms with E-state index in [9.17, 15) is 14.4 Å². The van der Waals surface area contributed by atoms with Crippen molar-refractivity contribution in [3.05, 3.63) is 30.3 Å². The summed E-state index contributed by atoms with van der Waals surface area (Å²) in [5.74, 6) is -0.634. The Morgan fingerprint density at radius 2 is 1.88 bits per heavy atom. The second-order valence-corrected chi connectivity index (χ2v) is 6.21. The smallest absolute Gasteiger partial charge is 0.331 e. The summed E-state index contributed by atoms with van der Waals surface area (Å²) < 4.78 is 5.12. The van der Waals surface area contributed by atoms with Crippen LogP contribution in [0.2, 0.25) is 0 Å². The summed E-state index contributed by atoms with van der Waals surface area (Å²) in [6, 6.07) is 9.52. The van der Waals surface area contributed by atoms with Gasteiger partial charge in [-0.05, 0) is 25.0 Å². The number of benzene rings is 1. The monoisotopic (exact) mass is 362 g/mol. The molecule has 0 aliphatic carbocycles. The van der Waals surface area contributed by atoms with E-state index in [1.165, 1.54) is 7.11 Å². The van der Waals surface area contributed by atoms with Crippen molar-refractivity contribution in [1.82, 2.24) is 5.06 Å². The van der Waals surface area contributed by atoms with Crippen LogP contribution in [0.5, 0.6) is 0 Å². The molecule has 26 heavy (non-hydrogen) atoms. The van der Waals surface area contributed by atoms with E-state index in [-0.39, 0.29) is 11.9 Å². The van der Waals surface area contributed by atoms with E-state index >= 15 is 0 Å². The predicted octanol–water partition coefficient (Wildman–Crippen LogP) is 1.96. The van der Waals surface area contributed by atoms with Crippen molar-refractivity contribution in [3.8, 4) is 0 Å². The first-order chi connectivity index (χ1) is 12.6. The third kappa shape index (κ3) is 4.40. The van der Waals surface area contributed by atoms with E-state index in [2.05, 4.69) is 0 Å². The predicted molar refractivity (Wildman–Crippen MR) is 96.4 cm³/mol. The summed E-state index contributed by atoms with van der Waals surface area (Å²) in [6.07, 6.45) is 2.32. The van der Waals surface area contributed by atoms with E-state index in [0.717, 1.165) is 12.0 Å². The molecule has 1 saturated heterocycles. The second kappa shape index (κ2) is 9.33. The molecule has 0 amide bonds. The van der Waals surface area contributed by atoms with Crippen LogP contribution >= 0.6 is 0 Å². The number of anilines is 1. The fourth-order valence-electron chi connectivity index (χ4n) is 3.31. The molecule has 1 aliphatic rings. The molecule has 0 bridgehead atoms. The highest BCUT2D eigenvalue weighted by Gasteiger charge is 2.48. The quantitative estimate of drug-likeness (QED) is 0.517. The zero-order valence-electron chi connectivity index (χ0n) is 15.3. The molecule has 1 fully saturated rings. The molecule has 7 heteroatoms. The summed E-state index contributed by atoms with van der Waals surface area (Å²) in [5, 5.41) is 1.59. The standard InChI is InChI=1S/C19H26N2O5/c1-3-17(23)26-20-13-10-19(11-14-20,18(24)25-2)21(12-7-15-22)16-8-5-4-6-9-16/h4-6,8-9,15H,3,7,10-14H2,1-2H3. The number of carbonyl (C=O) groups is 3. The summed E-state index contributed by atoms with van der Waals surface area (Å²) >= 11 is 0. The Morgan fingerprint density at radius 1 is 1.23 bits per heavy atom. The van der Waals surface area contributed by atoms with Crippen LogP contribution in [-0.2, 0) is 24.0 Å². The molecule has 0 unspecified atom stereocenters. The van der Waals surface area contributed by atoms with Gasteiger partial charge >= 0.3 is 11.9 Å². The summed E-state index contributed by atoms with van der Waals surface area (Å²) in [4.78, 5) is 42.5. The van der Waals surface area contributed by atoms with Gasteiger partial charge in [-0.1, -0.05) is 25.1 Å². The first-order valence-corrected chi connectivity index (χ1v) is 8.88.